The van der Waals surface area contributed by atoms with Crippen LogP contribution in [0.3, 0.4) is 0 Å². The van der Waals surface area contributed by atoms with E-state index in [0.717, 1.165) is 25.1 Å². The van der Waals surface area contributed by atoms with Gasteiger partial charge in [0.2, 0.25) is 0 Å². The first-order valence-corrected chi connectivity index (χ1v) is 6.22. The lowest BCUT2D eigenvalue weighted by Gasteiger charge is -2.18. The zero-order valence-electron chi connectivity index (χ0n) is 11.1. The Hall–Kier alpha value is -0.970. The van der Waals surface area contributed by atoms with Crippen molar-refractivity contribution in [3.05, 3.63) is 35.6 Å². The summed E-state index contributed by atoms with van der Waals surface area (Å²) in [5, 5.41) is 3.27. The van der Waals surface area contributed by atoms with Crippen LogP contribution in [0.5, 0.6) is 0 Å². The molecular formula is C14H22FNO2. The normalized spacial score (nSPS) is 12.6. The molecule has 1 aromatic carbocycles. The Bertz CT molecular complexity index is 333. The minimum absolute atomic E-state index is 0.128. The SMILES string of the molecule is COCCNCC(CCOC)c1ccccc1F. The second-order valence-corrected chi connectivity index (χ2v) is 4.20. The summed E-state index contributed by atoms with van der Waals surface area (Å²) in [5.74, 6) is -0.0184. The number of benzene rings is 1. The molecule has 3 nitrogen and oxygen atoms in total. The molecule has 0 radical (unpaired) electrons. The van der Waals surface area contributed by atoms with Crippen LogP contribution < -0.4 is 5.32 Å². The summed E-state index contributed by atoms with van der Waals surface area (Å²) in [7, 11) is 3.33. The van der Waals surface area contributed by atoms with E-state index in [9.17, 15) is 4.39 Å². The van der Waals surface area contributed by atoms with Gasteiger partial charge in [-0.05, 0) is 18.1 Å². The molecule has 0 amide bonds. The maximum absolute atomic E-state index is 13.7. The molecule has 0 bridgehead atoms. The third-order valence-electron chi connectivity index (χ3n) is 2.89. The standard InChI is InChI=1S/C14H22FNO2/c1-17-9-7-12(11-16-8-10-18-2)13-5-3-4-6-14(13)15/h3-6,12,16H,7-11H2,1-2H3. The maximum atomic E-state index is 13.7. The summed E-state index contributed by atoms with van der Waals surface area (Å²) in [4.78, 5) is 0. The number of halogens is 1. The monoisotopic (exact) mass is 255 g/mol. The summed E-state index contributed by atoms with van der Waals surface area (Å²) in [5.41, 5.74) is 0.750. The molecule has 0 saturated heterocycles. The minimum atomic E-state index is -0.146. The predicted octanol–water partition coefficient (Wildman–Crippen LogP) is 2.18. The fourth-order valence-corrected chi connectivity index (χ4v) is 1.88. The Morgan fingerprint density at radius 3 is 2.56 bits per heavy atom. The molecule has 0 fully saturated rings. The molecule has 1 aromatic rings. The van der Waals surface area contributed by atoms with E-state index in [2.05, 4.69) is 5.32 Å². The van der Waals surface area contributed by atoms with E-state index < -0.39 is 0 Å². The Labute approximate surface area is 108 Å². The molecule has 1 rings (SSSR count). The third-order valence-corrected chi connectivity index (χ3v) is 2.89. The van der Waals surface area contributed by atoms with Gasteiger partial charge >= 0.3 is 0 Å². The molecule has 0 spiro atoms. The molecular weight excluding hydrogens is 233 g/mol. The molecule has 0 aromatic heterocycles. The molecule has 1 atom stereocenters. The summed E-state index contributed by atoms with van der Waals surface area (Å²) in [6, 6.07) is 6.93. The molecule has 0 aliphatic rings. The molecule has 1 unspecified atom stereocenters. The van der Waals surface area contributed by atoms with Crippen molar-refractivity contribution in [2.45, 2.75) is 12.3 Å². The Balaban J connectivity index is 2.57. The van der Waals surface area contributed by atoms with Crippen LogP contribution in [0.4, 0.5) is 4.39 Å². The lowest BCUT2D eigenvalue weighted by molar-refractivity contribution is 0.183. The van der Waals surface area contributed by atoms with Gasteiger partial charge in [-0.15, -0.1) is 0 Å². The van der Waals surface area contributed by atoms with Crippen LogP contribution in [0.2, 0.25) is 0 Å². The highest BCUT2D eigenvalue weighted by molar-refractivity contribution is 5.22. The predicted molar refractivity (Wildman–Crippen MR) is 70.4 cm³/mol. The Morgan fingerprint density at radius 1 is 1.17 bits per heavy atom. The van der Waals surface area contributed by atoms with Crippen molar-refractivity contribution < 1.29 is 13.9 Å². The maximum Gasteiger partial charge on any atom is 0.126 e. The van der Waals surface area contributed by atoms with Crippen LogP contribution in [-0.2, 0) is 9.47 Å². The highest BCUT2D eigenvalue weighted by Crippen LogP contribution is 2.21. The van der Waals surface area contributed by atoms with Crippen molar-refractivity contribution in [1.82, 2.24) is 5.32 Å². The van der Waals surface area contributed by atoms with Crippen molar-refractivity contribution in [2.75, 3.05) is 40.5 Å². The van der Waals surface area contributed by atoms with Crippen molar-refractivity contribution >= 4 is 0 Å². The number of hydrogen-bond acceptors (Lipinski definition) is 3. The molecule has 18 heavy (non-hydrogen) atoms. The lowest BCUT2D eigenvalue weighted by atomic mass is 9.95. The van der Waals surface area contributed by atoms with Gasteiger partial charge in [-0.2, -0.15) is 0 Å². The molecule has 0 aliphatic heterocycles. The van der Waals surface area contributed by atoms with Gasteiger partial charge in [0.1, 0.15) is 5.82 Å². The summed E-state index contributed by atoms with van der Waals surface area (Å²) in [6.07, 6.45) is 0.803. The van der Waals surface area contributed by atoms with Crippen molar-refractivity contribution in [3.8, 4) is 0 Å². The third kappa shape index (κ3) is 5.12. The van der Waals surface area contributed by atoms with Gasteiger partial charge in [0.25, 0.3) is 0 Å². The first kappa shape index (κ1) is 15.1. The number of nitrogens with one attached hydrogen (secondary N) is 1. The quantitative estimate of drug-likeness (QED) is 0.686. The van der Waals surface area contributed by atoms with Crippen molar-refractivity contribution in [2.24, 2.45) is 0 Å². The van der Waals surface area contributed by atoms with Crippen LogP contribution in [0.25, 0.3) is 0 Å². The van der Waals surface area contributed by atoms with Crippen LogP contribution >= 0.6 is 0 Å². The average Bonchev–Trinajstić information content (AvgIpc) is 2.39. The smallest absolute Gasteiger partial charge is 0.126 e. The van der Waals surface area contributed by atoms with Crippen LogP contribution in [0.1, 0.15) is 17.9 Å². The average molecular weight is 255 g/mol. The molecule has 4 heteroatoms. The van der Waals surface area contributed by atoms with E-state index >= 15 is 0 Å². The van der Waals surface area contributed by atoms with Crippen molar-refractivity contribution in [3.63, 3.8) is 0 Å². The van der Waals surface area contributed by atoms with Crippen LogP contribution in [-0.4, -0.2) is 40.5 Å². The highest BCUT2D eigenvalue weighted by Gasteiger charge is 2.14. The van der Waals surface area contributed by atoms with Gasteiger partial charge in [-0.3, -0.25) is 0 Å². The fraction of sp³-hybridized carbons (Fsp3) is 0.571. The summed E-state index contributed by atoms with van der Waals surface area (Å²) in [6.45, 7) is 2.79. The molecule has 102 valence electrons. The summed E-state index contributed by atoms with van der Waals surface area (Å²) >= 11 is 0. The van der Waals surface area contributed by atoms with E-state index in [4.69, 9.17) is 9.47 Å². The summed E-state index contributed by atoms with van der Waals surface area (Å²) < 4.78 is 23.8. The topological polar surface area (TPSA) is 30.5 Å². The fourth-order valence-electron chi connectivity index (χ4n) is 1.88. The number of methoxy groups -OCH3 is 2. The molecule has 0 aliphatic carbocycles. The van der Waals surface area contributed by atoms with Crippen LogP contribution in [0, 0.1) is 5.82 Å². The first-order chi connectivity index (χ1) is 8.79. The second kappa shape index (κ2) is 9.03. The molecule has 0 heterocycles. The molecule has 0 saturated carbocycles. The highest BCUT2D eigenvalue weighted by atomic mass is 19.1. The van der Waals surface area contributed by atoms with E-state index in [1.807, 2.05) is 12.1 Å². The van der Waals surface area contributed by atoms with Gasteiger partial charge in [0.05, 0.1) is 6.61 Å². The Kier molecular flexibility index (Phi) is 7.57. The zero-order valence-corrected chi connectivity index (χ0v) is 11.1. The van der Waals surface area contributed by atoms with Crippen LogP contribution in [0.15, 0.2) is 24.3 Å². The van der Waals surface area contributed by atoms with Crippen molar-refractivity contribution in [1.29, 1.82) is 0 Å². The van der Waals surface area contributed by atoms with E-state index in [-0.39, 0.29) is 11.7 Å². The van der Waals surface area contributed by atoms with Gasteiger partial charge in [0.15, 0.2) is 0 Å². The molecule has 1 N–H and O–H groups in total. The largest absolute Gasteiger partial charge is 0.385 e. The van der Waals surface area contributed by atoms with E-state index in [1.165, 1.54) is 6.07 Å². The minimum Gasteiger partial charge on any atom is -0.385 e. The zero-order chi connectivity index (χ0) is 13.2. The van der Waals surface area contributed by atoms with E-state index in [1.54, 1.807) is 20.3 Å². The Morgan fingerprint density at radius 2 is 1.89 bits per heavy atom. The van der Waals surface area contributed by atoms with Gasteiger partial charge in [-0.25, -0.2) is 4.39 Å². The van der Waals surface area contributed by atoms with Gasteiger partial charge < -0.3 is 14.8 Å². The number of hydrogen-bond donors (Lipinski definition) is 1. The number of rotatable bonds is 9. The van der Waals surface area contributed by atoms with E-state index in [0.29, 0.717) is 13.2 Å². The number of ether oxygens (including phenoxy) is 2. The van der Waals surface area contributed by atoms with Gasteiger partial charge in [0, 0.05) is 39.8 Å². The van der Waals surface area contributed by atoms with Gasteiger partial charge in [-0.1, -0.05) is 18.2 Å². The second-order valence-electron chi connectivity index (χ2n) is 4.20. The lowest BCUT2D eigenvalue weighted by Crippen LogP contribution is -2.26. The first-order valence-electron chi connectivity index (χ1n) is 6.22.